The molecule has 6 aromatic carbocycles. The molecule has 428 valence electrons. The second-order valence-electron chi connectivity index (χ2n) is 17.0. The Labute approximate surface area is 503 Å². The van der Waals surface area contributed by atoms with Gasteiger partial charge in [-0.05, 0) is 125 Å². The molecule has 0 atom stereocenters. The first kappa shape index (κ1) is 65.0. The number of aromatic nitrogens is 6. The molecule has 0 aliphatic carbocycles. The van der Waals surface area contributed by atoms with Gasteiger partial charge in [0.05, 0.1) is 106 Å². The number of aliphatic hydroxyl groups is 1. The Balaban J connectivity index is 0.000000190. The fourth-order valence-electron chi connectivity index (χ4n) is 7.46. The summed E-state index contributed by atoms with van der Waals surface area (Å²) in [5.41, 5.74) is 14.8. The molecular weight excluding hydrogens is 1200 g/mol. The minimum atomic E-state index is -1.67. The predicted molar refractivity (Wildman–Crippen MR) is 323 cm³/mol. The van der Waals surface area contributed by atoms with Crippen LogP contribution in [0.4, 0.5) is 0 Å². The molecule has 0 radical (unpaired) electrons. The van der Waals surface area contributed by atoms with E-state index in [0.717, 1.165) is 126 Å². The lowest BCUT2D eigenvalue weighted by atomic mass is 10.1. The van der Waals surface area contributed by atoms with E-state index in [1.165, 1.54) is 16.7 Å². The summed E-state index contributed by atoms with van der Waals surface area (Å²) >= 11 is 14.8. The van der Waals surface area contributed by atoms with Gasteiger partial charge in [-0.1, -0.05) is 89.5 Å². The minimum absolute atomic E-state index is 0.110. The Morgan fingerprint density at radius 1 is 0.494 bits per heavy atom. The van der Waals surface area contributed by atoms with Crippen molar-refractivity contribution in [2.75, 3.05) is 12.5 Å². The summed E-state index contributed by atoms with van der Waals surface area (Å²) in [5, 5.41) is 23.3. The predicted octanol–water partition coefficient (Wildman–Crippen LogP) is 13.8. The zero-order valence-electron chi connectivity index (χ0n) is 43.8. The molecule has 0 bridgehead atoms. The third kappa shape index (κ3) is 20.9. The number of alkyl halides is 2. The van der Waals surface area contributed by atoms with Crippen molar-refractivity contribution in [3.05, 3.63) is 198 Å². The van der Waals surface area contributed by atoms with Crippen molar-refractivity contribution in [1.82, 2.24) is 29.3 Å². The maximum absolute atomic E-state index is 9.43. The third-order valence-corrected chi connectivity index (χ3v) is 13.7. The van der Waals surface area contributed by atoms with Crippen molar-refractivity contribution in [3.63, 3.8) is 0 Å². The van der Waals surface area contributed by atoms with Crippen LogP contribution in [0.5, 0.6) is 0 Å². The molecule has 7 N–H and O–H groups in total. The summed E-state index contributed by atoms with van der Waals surface area (Å²) in [4.78, 5) is 14.9. The lowest BCUT2D eigenvalue weighted by Crippen LogP contribution is -2.01. The van der Waals surface area contributed by atoms with Gasteiger partial charge in [0.15, 0.2) is 0 Å². The van der Waals surface area contributed by atoms with E-state index in [0.29, 0.717) is 30.7 Å². The Bertz CT molecular complexity index is 3150. The highest BCUT2D eigenvalue weighted by atomic mass is 36.0. The maximum atomic E-state index is 9.43. The molecule has 0 saturated carbocycles. The van der Waals surface area contributed by atoms with Crippen LogP contribution in [0.1, 0.15) is 46.6 Å². The molecule has 0 unspecified atom stereocenters. The van der Waals surface area contributed by atoms with E-state index in [4.69, 9.17) is 59.3 Å². The molecule has 26 heteroatoms. The first-order valence-corrected chi connectivity index (χ1v) is 30.4. The number of unbranched alkanes of at least 4 members (excludes halogenated alkanes) is 1. The van der Waals surface area contributed by atoms with Crippen LogP contribution in [-0.4, -0.2) is 51.1 Å². The van der Waals surface area contributed by atoms with Crippen molar-refractivity contribution in [1.29, 1.82) is 0 Å². The number of hydrogen-bond donors (Lipinski definition) is 4. The van der Waals surface area contributed by atoms with E-state index in [2.05, 4.69) is 136 Å². The molecule has 18 nitrogen and oxygen atoms in total. The van der Waals surface area contributed by atoms with Crippen LogP contribution in [-0.2, 0) is 61.0 Å². The van der Waals surface area contributed by atoms with Crippen molar-refractivity contribution in [2.24, 2.45) is 17.7 Å². The van der Waals surface area contributed by atoms with Crippen LogP contribution >= 0.6 is 80.7 Å². The monoisotopic (exact) mass is 1260 g/mol. The van der Waals surface area contributed by atoms with Gasteiger partial charge in [-0.3, -0.25) is 0 Å². The molecular formula is C55H57Cl4N9O9S4. The van der Waals surface area contributed by atoms with E-state index in [-0.39, 0.29) is 6.61 Å². The van der Waals surface area contributed by atoms with Gasteiger partial charge in [0.1, 0.15) is 0 Å². The van der Waals surface area contributed by atoms with E-state index in [1.54, 1.807) is 0 Å². The molecule has 3 aromatic heterocycles. The van der Waals surface area contributed by atoms with Crippen molar-refractivity contribution < 1.29 is 42.0 Å². The number of rotatable bonds is 23. The Morgan fingerprint density at radius 3 is 1.14 bits per heavy atom. The summed E-state index contributed by atoms with van der Waals surface area (Å²) in [6.07, 6.45) is 1.90. The summed E-state index contributed by atoms with van der Waals surface area (Å²) in [6, 6.07) is 53.9. The number of nitrogens with zero attached hydrogens (tertiary/aromatic N) is 6. The molecule has 0 saturated heterocycles. The second kappa shape index (κ2) is 35.1. The topological polar surface area (TPSA) is 233 Å². The molecule has 81 heavy (non-hydrogen) atoms. The number of ether oxygens (including phenoxy) is 1. The van der Waals surface area contributed by atoms with Crippen LogP contribution in [0.3, 0.4) is 0 Å². The average molecular weight is 1260 g/mol. The molecule has 3 heterocycles. The number of aryl methyl sites for hydroxylation is 3. The normalized spacial score (nSPS) is 10.9. The molecule has 0 fully saturated rings. The highest BCUT2D eigenvalue weighted by molar-refractivity contribution is 8.26. The van der Waals surface area contributed by atoms with Gasteiger partial charge in [-0.2, -0.15) is 33.0 Å². The largest absolute Gasteiger partial charge is 0.390 e. The maximum Gasteiger partial charge on any atom is 0.211 e. The second-order valence-corrected chi connectivity index (χ2v) is 22.5. The molecule has 9 aromatic rings. The Kier molecular flexibility index (Phi) is 28.2. The molecule has 0 aliphatic heterocycles. The lowest BCUT2D eigenvalue weighted by Gasteiger charge is -2.08. The zero-order valence-corrected chi connectivity index (χ0v) is 50.1. The highest BCUT2D eigenvalue weighted by Crippen LogP contribution is 2.30. The van der Waals surface area contributed by atoms with Crippen LogP contribution < -0.4 is 17.7 Å². The number of hydrogen-bond acceptors (Lipinski definition) is 18. The van der Waals surface area contributed by atoms with Crippen molar-refractivity contribution >= 4 is 89.9 Å². The van der Waals surface area contributed by atoms with Crippen LogP contribution in [0, 0.1) is 20.8 Å². The van der Waals surface area contributed by atoms with Gasteiger partial charge in [0.2, 0.25) is 9.23 Å². The van der Waals surface area contributed by atoms with E-state index in [1.807, 2.05) is 118 Å². The minimum Gasteiger partial charge on any atom is -0.390 e. The standard InChI is InChI=1S/C21H24ClN3O3S.C17H16ClN3O2S.C17H17N3O3S.Cl2OS/c1-16-4-6-17(7-5-16)21-14-18(15-26-13-3-2-12-22)24-25(21)19-8-10-20(11-9-19)29-28-27-23;1-12-2-4-13(5-3-12)17-10-14(11-18)20-21(17)15-6-8-16(9-7-15)24-23-22-19;1-12-2-4-13(5-3-12)17-10-14(11-21)19-20(17)15-6-8-16(9-7-15)24-23-22-18;1-4(2)3/h4-11,14H,2-3,12-13,15,23H2,1H3;2-10H,11,19H2,1H3;2-10,21H,11,18H2,1H3;. The van der Waals surface area contributed by atoms with Crippen molar-refractivity contribution in [2.45, 2.75) is 67.4 Å². The SMILES string of the molecule is Cc1ccc(-c2cc(CCl)nn2-c2ccc(SOON)cc2)cc1.Cc1ccc(-c2cc(CO)nn2-c2ccc(SOON)cc2)cc1.Cc1ccc(-c2cc(COCCCCCl)nn2-c2ccc(SOON)cc2)cc1.O=S(Cl)Cl. The smallest absolute Gasteiger partial charge is 0.211 e. The van der Waals surface area contributed by atoms with Crippen LogP contribution in [0.2, 0.25) is 0 Å². The number of halogens is 4. The van der Waals surface area contributed by atoms with E-state index in [9.17, 15) is 5.11 Å². The molecule has 9 rings (SSSR count). The average Bonchev–Trinajstić information content (AvgIpc) is 4.26. The molecule has 0 aliphatic rings. The number of benzene rings is 6. The highest BCUT2D eigenvalue weighted by Gasteiger charge is 2.15. The molecule has 0 spiro atoms. The summed E-state index contributed by atoms with van der Waals surface area (Å²) in [5.74, 6) is 15.6. The van der Waals surface area contributed by atoms with E-state index >= 15 is 0 Å². The third-order valence-electron chi connectivity index (χ3n) is 11.3. The summed E-state index contributed by atoms with van der Waals surface area (Å²) in [6.45, 7) is 7.21. The first-order chi connectivity index (χ1) is 39.4. The Hall–Kier alpha value is -5.13. The quantitative estimate of drug-likeness (QED) is 0.0116. The van der Waals surface area contributed by atoms with Crippen LogP contribution in [0.15, 0.2) is 178 Å². The van der Waals surface area contributed by atoms with Crippen molar-refractivity contribution in [3.8, 4) is 50.8 Å². The fraction of sp³-hybridized carbons (Fsp3) is 0.182. The van der Waals surface area contributed by atoms with Crippen LogP contribution in [0.25, 0.3) is 50.8 Å². The zero-order chi connectivity index (χ0) is 57.9. The lowest BCUT2D eigenvalue weighted by molar-refractivity contribution is -0.195. The van der Waals surface area contributed by atoms with Gasteiger partial charge in [0.25, 0.3) is 0 Å². The first-order valence-electron chi connectivity index (χ1n) is 24.3. The van der Waals surface area contributed by atoms with E-state index < -0.39 is 9.23 Å². The Morgan fingerprint density at radius 2 is 0.815 bits per heavy atom. The van der Waals surface area contributed by atoms with Gasteiger partial charge in [0, 0.05) is 65.2 Å². The fourth-order valence-corrected chi connectivity index (χ4v) is 8.88. The number of aliphatic hydroxyl groups excluding tert-OH is 1. The van der Waals surface area contributed by atoms with Gasteiger partial charge < -0.3 is 9.84 Å². The summed E-state index contributed by atoms with van der Waals surface area (Å²) in [7, 11) is 7.36. The van der Waals surface area contributed by atoms with Gasteiger partial charge in [-0.25, -0.2) is 18.3 Å². The van der Waals surface area contributed by atoms with Gasteiger partial charge >= 0.3 is 0 Å². The number of nitrogens with two attached hydrogens (primary N) is 3. The molecule has 0 amide bonds. The summed E-state index contributed by atoms with van der Waals surface area (Å²) < 4.78 is 34.4. The van der Waals surface area contributed by atoms with Gasteiger partial charge in [-0.15, -0.1) is 51.2 Å².